The lowest BCUT2D eigenvalue weighted by molar-refractivity contribution is 0.150. The molecule has 4 rings (SSSR count). The number of pyridine rings is 1. The van der Waals surface area contributed by atoms with E-state index in [-0.39, 0.29) is 14.9 Å². The van der Waals surface area contributed by atoms with E-state index in [1.54, 1.807) is 12.1 Å². The topological polar surface area (TPSA) is 100 Å². The lowest BCUT2D eigenvalue weighted by atomic mass is 10.3. The summed E-state index contributed by atoms with van der Waals surface area (Å²) in [6, 6.07) is 6.46. The van der Waals surface area contributed by atoms with Gasteiger partial charge in [0.2, 0.25) is 10.0 Å². The average Bonchev–Trinajstić information content (AvgIpc) is 3.03. The van der Waals surface area contributed by atoms with Gasteiger partial charge in [-0.3, -0.25) is 0 Å². The highest BCUT2D eigenvalue weighted by Gasteiger charge is 2.46. The number of sulfonamides is 1. The highest BCUT2D eigenvalue weighted by Crippen LogP contribution is 2.37. The van der Waals surface area contributed by atoms with Gasteiger partial charge in [-0.05, 0) is 31.0 Å². The van der Waals surface area contributed by atoms with E-state index in [0.717, 1.165) is 0 Å². The minimum Gasteiger partial charge on any atom is -0.311 e. The zero-order chi connectivity index (χ0) is 19.4. The molecule has 7 nitrogen and oxygen atoms in total. The van der Waals surface area contributed by atoms with Crippen molar-refractivity contribution in [3.63, 3.8) is 0 Å². The summed E-state index contributed by atoms with van der Waals surface area (Å²) < 4.78 is 54.7. The van der Waals surface area contributed by atoms with Crippen molar-refractivity contribution in [1.82, 2.24) is 19.3 Å². The predicted octanol–water partition coefficient (Wildman–Crippen LogP) is 3.38. The number of hydrogen-bond acceptors (Lipinski definition) is 6. The summed E-state index contributed by atoms with van der Waals surface area (Å²) >= 11 is 6.93. The monoisotopic (exact) mass is 429 g/mol. The summed E-state index contributed by atoms with van der Waals surface area (Å²) in [7, 11) is -4.00. The summed E-state index contributed by atoms with van der Waals surface area (Å²) in [6.07, 6.45) is -0.550. The van der Waals surface area contributed by atoms with E-state index >= 15 is 0 Å². The number of fused-ring (bicyclic) bond motifs is 1. The van der Waals surface area contributed by atoms with Crippen molar-refractivity contribution < 1.29 is 17.2 Å². The maximum absolute atomic E-state index is 12.8. The van der Waals surface area contributed by atoms with E-state index in [0.29, 0.717) is 35.4 Å². The third kappa shape index (κ3) is 3.19. The third-order valence-electron chi connectivity index (χ3n) is 4.14. The SMILES string of the molecule is N#CC1(NS(=O)(=O)c2cc(Cl)c3ccc(-c4nnc(C(F)F)s4)n3c2)CC1. The Morgan fingerprint density at radius 1 is 1.37 bits per heavy atom. The van der Waals surface area contributed by atoms with E-state index < -0.39 is 27.0 Å². The maximum Gasteiger partial charge on any atom is 0.291 e. The van der Waals surface area contributed by atoms with E-state index in [1.807, 2.05) is 6.07 Å². The van der Waals surface area contributed by atoms with Crippen molar-refractivity contribution in [2.24, 2.45) is 0 Å². The first-order chi connectivity index (χ1) is 12.7. The lowest BCUT2D eigenvalue weighted by Crippen LogP contribution is -2.35. The molecule has 0 spiro atoms. The highest BCUT2D eigenvalue weighted by atomic mass is 35.5. The van der Waals surface area contributed by atoms with Gasteiger partial charge in [0.15, 0.2) is 10.0 Å². The van der Waals surface area contributed by atoms with Gasteiger partial charge in [-0.15, -0.1) is 10.2 Å². The molecule has 140 valence electrons. The molecule has 0 aliphatic heterocycles. The molecule has 3 aromatic rings. The first-order valence-corrected chi connectivity index (χ1v) is 10.3. The molecule has 0 saturated heterocycles. The largest absolute Gasteiger partial charge is 0.311 e. The van der Waals surface area contributed by atoms with E-state index in [2.05, 4.69) is 14.9 Å². The number of nitrogens with zero attached hydrogens (tertiary/aromatic N) is 4. The molecule has 0 bridgehead atoms. The van der Waals surface area contributed by atoms with Crippen LogP contribution in [0.15, 0.2) is 29.3 Å². The number of nitrogens with one attached hydrogen (secondary N) is 1. The molecule has 0 radical (unpaired) electrons. The molecular formula is C15H10ClF2N5O2S2. The van der Waals surface area contributed by atoms with E-state index in [1.165, 1.54) is 16.7 Å². The van der Waals surface area contributed by atoms with E-state index in [4.69, 9.17) is 16.9 Å². The molecule has 3 aromatic heterocycles. The number of rotatable bonds is 5. The summed E-state index contributed by atoms with van der Waals surface area (Å²) in [4.78, 5) is -0.141. The smallest absolute Gasteiger partial charge is 0.291 e. The van der Waals surface area contributed by atoms with Gasteiger partial charge < -0.3 is 4.40 Å². The highest BCUT2D eigenvalue weighted by molar-refractivity contribution is 7.89. The minimum absolute atomic E-state index is 0.141. The fourth-order valence-electron chi connectivity index (χ4n) is 2.57. The fraction of sp³-hybridized carbons (Fsp3) is 0.267. The Labute approximate surface area is 161 Å². The van der Waals surface area contributed by atoms with E-state index in [9.17, 15) is 17.2 Å². The molecule has 1 N–H and O–H groups in total. The van der Waals surface area contributed by atoms with Crippen LogP contribution in [0.4, 0.5) is 8.78 Å². The Morgan fingerprint density at radius 3 is 2.70 bits per heavy atom. The second-order valence-electron chi connectivity index (χ2n) is 6.04. The van der Waals surface area contributed by atoms with Crippen molar-refractivity contribution in [3.05, 3.63) is 34.4 Å². The molecule has 1 aliphatic rings. The minimum atomic E-state index is -4.00. The van der Waals surface area contributed by atoms with Crippen LogP contribution in [-0.4, -0.2) is 28.6 Å². The molecule has 0 unspecified atom stereocenters. The zero-order valence-corrected chi connectivity index (χ0v) is 15.7. The van der Waals surface area contributed by atoms with Crippen LogP contribution >= 0.6 is 22.9 Å². The molecule has 12 heteroatoms. The Balaban J connectivity index is 1.81. The molecule has 1 fully saturated rings. The second kappa shape index (κ2) is 6.20. The van der Waals surface area contributed by atoms with Crippen LogP contribution in [0.25, 0.3) is 16.2 Å². The predicted molar refractivity (Wildman–Crippen MR) is 94.2 cm³/mol. The van der Waals surface area contributed by atoms with Gasteiger partial charge in [-0.1, -0.05) is 22.9 Å². The number of aromatic nitrogens is 3. The van der Waals surface area contributed by atoms with Gasteiger partial charge >= 0.3 is 0 Å². The van der Waals surface area contributed by atoms with Crippen molar-refractivity contribution in [3.8, 4) is 16.8 Å². The lowest BCUT2D eigenvalue weighted by Gasteiger charge is -2.12. The molecule has 3 heterocycles. The van der Waals surface area contributed by atoms with Crippen LogP contribution in [-0.2, 0) is 10.0 Å². The summed E-state index contributed by atoms with van der Waals surface area (Å²) in [5, 5.41) is 16.2. The Kier molecular flexibility index (Phi) is 4.19. The standard InChI is InChI=1S/C15H10ClF2N5O2S2/c16-9-5-8(27(24,25)22-15(7-19)3-4-15)6-23-10(9)1-2-11(23)13-20-21-14(26-13)12(17)18/h1-2,5-6,12,22H,3-4H2. The van der Waals surface area contributed by atoms with Crippen LogP contribution < -0.4 is 4.72 Å². The molecular weight excluding hydrogens is 420 g/mol. The van der Waals surface area contributed by atoms with Crippen molar-refractivity contribution in [2.45, 2.75) is 29.7 Å². The van der Waals surface area contributed by atoms with Gasteiger partial charge in [0.05, 0.1) is 22.3 Å². The number of hydrogen-bond donors (Lipinski definition) is 1. The third-order valence-corrected chi connectivity index (χ3v) is 6.90. The Bertz CT molecular complexity index is 1190. The Morgan fingerprint density at radius 2 is 2.11 bits per heavy atom. The maximum atomic E-state index is 12.8. The molecule has 27 heavy (non-hydrogen) atoms. The van der Waals surface area contributed by atoms with Crippen LogP contribution in [0.5, 0.6) is 0 Å². The second-order valence-corrected chi connectivity index (χ2v) is 9.14. The Hall–Kier alpha value is -2.13. The van der Waals surface area contributed by atoms with Crippen LogP contribution in [0.1, 0.15) is 24.3 Å². The van der Waals surface area contributed by atoms with Gasteiger partial charge in [-0.2, -0.15) is 9.98 Å². The molecule has 1 saturated carbocycles. The normalized spacial score (nSPS) is 16.0. The quantitative estimate of drug-likeness (QED) is 0.670. The molecule has 0 atom stereocenters. The molecule has 1 aliphatic carbocycles. The zero-order valence-electron chi connectivity index (χ0n) is 13.4. The fourth-order valence-corrected chi connectivity index (χ4v) is 5.03. The van der Waals surface area contributed by atoms with Gasteiger partial charge in [0.25, 0.3) is 6.43 Å². The van der Waals surface area contributed by atoms with Gasteiger partial charge in [-0.25, -0.2) is 17.2 Å². The van der Waals surface area contributed by atoms with Crippen molar-refractivity contribution in [1.29, 1.82) is 5.26 Å². The summed E-state index contributed by atoms with van der Waals surface area (Å²) in [6.45, 7) is 0. The number of halogens is 3. The van der Waals surface area contributed by atoms with Crippen LogP contribution in [0, 0.1) is 11.3 Å². The number of alkyl halides is 2. The molecule has 0 amide bonds. The average molecular weight is 430 g/mol. The first kappa shape index (κ1) is 18.2. The van der Waals surface area contributed by atoms with Crippen LogP contribution in [0.3, 0.4) is 0 Å². The number of nitriles is 1. The van der Waals surface area contributed by atoms with Crippen molar-refractivity contribution >= 4 is 38.5 Å². The molecule has 0 aromatic carbocycles. The van der Waals surface area contributed by atoms with Crippen LogP contribution in [0.2, 0.25) is 5.02 Å². The van der Waals surface area contributed by atoms with Gasteiger partial charge in [0.1, 0.15) is 10.4 Å². The van der Waals surface area contributed by atoms with Gasteiger partial charge in [0, 0.05) is 6.20 Å². The summed E-state index contributed by atoms with van der Waals surface area (Å²) in [5.74, 6) is 0. The first-order valence-electron chi connectivity index (χ1n) is 7.62. The summed E-state index contributed by atoms with van der Waals surface area (Å²) in [5.41, 5.74) is -0.207. The van der Waals surface area contributed by atoms with Crippen molar-refractivity contribution in [2.75, 3.05) is 0 Å².